The van der Waals surface area contributed by atoms with E-state index in [1.54, 1.807) is 0 Å². The second-order valence-corrected chi connectivity index (χ2v) is 20.7. The lowest BCUT2D eigenvalue weighted by molar-refractivity contribution is 1.34. The molecule has 0 N–H and O–H groups in total. The molecule has 0 saturated carbocycles. The minimum atomic E-state index is 1.32. The van der Waals surface area contributed by atoms with E-state index in [2.05, 4.69) is 65.8 Å². The summed E-state index contributed by atoms with van der Waals surface area (Å²) in [5.74, 6) is 0. The summed E-state index contributed by atoms with van der Waals surface area (Å²) in [7, 11) is 0. The number of rotatable bonds is 4. The lowest BCUT2D eigenvalue weighted by Crippen LogP contribution is -1.77. The Morgan fingerprint density at radius 2 is 0.765 bits per heavy atom. The van der Waals surface area contributed by atoms with Crippen molar-refractivity contribution in [3.63, 3.8) is 0 Å². The first-order chi connectivity index (χ1) is 16.3. The molecule has 1 aromatic carbocycles. The van der Waals surface area contributed by atoms with Gasteiger partial charge in [0, 0.05) is 19.6 Å². The number of thioether (sulfide) groups is 10. The molecule has 0 amide bonds. The zero-order chi connectivity index (χ0) is 24.0. The minimum absolute atomic E-state index is 1.32. The van der Waals surface area contributed by atoms with Crippen LogP contribution in [-0.2, 0) is 0 Å². The van der Waals surface area contributed by atoms with Crippen LogP contribution in [-0.4, -0.2) is 0 Å². The Morgan fingerprint density at radius 3 is 1.15 bits per heavy atom. The molecule has 0 aliphatic carbocycles. The zero-order valence-corrected chi connectivity index (χ0v) is 27.6. The van der Waals surface area contributed by atoms with Crippen LogP contribution in [0.25, 0.3) is 0 Å². The molecule has 0 spiro atoms. The van der Waals surface area contributed by atoms with Crippen molar-refractivity contribution in [3.8, 4) is 0 Å². The number of hydrogen-bond donors (Lipinski definition) is 0. The van der Waals surface area contributed by atoms with Gasteiger partial charge in [-0.3, -0.25) is 0 Å². The molecule has 1 aromatic rings. The highest BCUT2D eigenvalue weighted by Gasteiger charge is 2.28. The third-order valence-corrected chi connectivity index (χ3v) is 19.3. The first-order valence-electron chi connectivity index (χ1n) is 10.4. The molecule has 34 heavy (non-hydrogen) atoms. The molecule has 0 saturated heterocycles. The van der Waals surface area contributed by atoms with Crippen molar-refractivity contribution < 1.29 is 0 Å². The van der Waals surface area contributed by atoms with Crippen molar-refractivity contribution in [1.82, 2.24) is 0 Å². The van der Waals surface area contributed by atoms with Gasteiger partial charge in [0.15, 0.2) is 0 Å². The third-order valence-electron chi connectivity index (χ3n) is 4.97. The van der Waals surface area contributed by atoms with Crippen LogP contribution in [0.5, 0.6) is 0 Å². The van der Waals surface area contributed by atoms with E-state index < -0.39 is 0 Å². The van der Waals surface area contributed by atoms with E-state index in [0.717, 1.165) is 0 Å². The second-order valence-electron chi connectivity index (χ2n) is 7.56. The Bertz CT molecular complexity index is 1130. The summed E-state index contributed by atoms with van der Waals surface area (Å²) < 4.78 is 8.62. The molecule has 178 valence electrons. The van der Waals surface area contributed by atoms with Crippen molar-refractivity contribution in [2.45, 2.75) is 51.3 Å². The molecule has 4 aliphatic rings. The molecule has 0 nitrogen and oxygen atoms in total. The molecule has 0 atom stereocenters. The quantitative estimate of drug-likeness (QED) is 0.314. The van der Waals surface area contributed by atoms with Crippen LogP contribution in [0.4, 0.5) is 0 Å². The molecule has 10 heteroatoms. The second kappa shape index (κ2) is 11.5. The highest BCUT2D eigenvalue weighted by molar-refractivity contribution is 8.39. The van der Waals surface area contributed by atoms with Gasteiger partial charge in [-0.2, -0.15) is 0 Å². The molecular formula is C24H22S10. The number of hydrogen-bond acceptors (Lipinski definition) is 10. The molecule has 4 heterocycles. The Hall–Kier alpha value is 1.16. The topological polar surface area (TPSA) is 0 Å². The van der Waals surface area contributed by atoms with Gasteiger partial charge in [-0.1, -0.05) is 124 Å². The van der Waals surface area contributed by atoms with E-state index >= 15 is 0 Å². The first-order valence-corrected chi connectivity index (χ1v) is 18.6. The van der Waals surface area contributed by atoms with Crippen molar-refractivity contribution in [3.05, 3.63) is 79.1 Å². The lowest BCUT2D eigenvalue weighted by atomic mass is 10.4. The van der Waals surface area contributed by atoms with Crippen LogP contribution in [0.3, 0.4) is 0 Å². The van der Waals surface area contributed by atoms with E-state index in [0.29, 0.717) is 0 Å². The summed E-state index contributed by atoms with van der Waals surface area (Å²) in [4.78, 5) is 11.2. The maximum absolute atomic E-state index is 2.35. The standard InChI is InChI=1S/C24H22S10/c1-11-12(2)26-21(25-11)23-29-15(5)19(33-23)31-17-8-7-9-18(10-17)32-20-16(6)30-24(34-20)22-27-13(3)14(4)28-22/h7-10H,1-6H3. The third kappa shape index (κ3) is 6.07. The summed E-state index contributed by atoms with van der Waals surface area (Å²) in [5, 5.41) is 0. The average Bonchev–Trinajstić information content (AvgIpc) is 3.52. The fourth-order valence-electron chi connectivity index (χ4n) is 2.93. The predicted molar refractivity (Wildman–Crippen MR) is 175 cm³/mol. The molecule has 0 aromatic heterocycles. The van der Waals surface area contributed by atoms with Crippen molar-refractivity contribution in [1.29, 1.82) is 0 Å². The van der Waals surface area contributed by atoms with Gasteiger partial charge in [0.25, 0.3) is 0 Å². The Labute approximate surface area is 245 Å². The van der Waals surface area contributed by atoms with Crippen molar-refractivity contribution in [2.75, 3.05) is 0 Å². The largest absolute Gasteiger partial charge is 0.0849 e. The normalized spacial score (nSPS) is 21.6. The summed E-state index contributed by atoms with van der Waals surface area (Å²) in [5.41, 5.74) is 0. The van der Waals surface area contributed by atoms with Crippen LogP contribution in [0.1, 0.15) is 41.5 Å². The van der Waals surface area contributed by atoms with Gasteiger partial charge in [-0.05, 0) is 79.4 Å². The van der Waals surface area contributed by atoms with Gasteiger partial charge in [0.2, 0.25) is 0 Å². The van der Waals surface area contributed by atoms with E-state index in [4.69, 9.17) is 0 Å². The Balaban J connectivity index is 1.25. The Morgan fingerprint density at radius 1 is 0.441 bits per heavy atom. The monoisotopic (exact) mass is 630 g/mol. The maximum Gasteiger partial charge on any atom is 0.0708 e. The molecule has 4 aliphatic heterocycles. The van der Waals surface area contributed by atoms with Gasteiger partial charge < -0.3 is 0 Å². The number of benzene rings is 1. The van der Waals surface area contributed by atoms with Gasteiger partial charge in [-0.25, -0.2) is 0 Å². The molecule has 5 rings (SSSR count). The molecular weight excluding hydrogens is 609 g/mol. The van der Waals surface area contributed by atoms with Gasteiger partial charge >= 0.3 is 0 Å². The molecule has 0 bridgehead atoms. The zero-order valence-electron chi connectivity index (χ0n) is 19.4. The van der Waals surface area contributed by atoms with Crippen molar-refractivity contribution >= 4 is 118 Å². The van der Waals surface area contributed by atoms with Crippen LogP contribution in [0.2, 0.25) is 0 Å². The van der Waals surface area contributed by atoms with Crippen LogP contribution in [0.15, 0.2) is 88.9 Å². The predicted octanol–water partition coefficient (Wildman–Crippen LogP) is 12.9. The SMILES string of the molecule is CC1=C(C)SC(=C2SC(C)=C(Sc3cccc(SC4=C(C)SC(=C5SC(C)=C(C)S5)S4)c3)S2)S1. The highest BCUT2D eigenvalue weighted by Crippen LogP contribution is 2.63. The van der Waals surface area contributed by atoms with Gasteiger partial charge in [-0.15, -0.1) is 0 Å². The molecule has 0 fully saturated rings. The van der Waals surface area contributed by atoms with Crippen LogP contribution in [0, 0.1) is 0 Å². The highest BCUT2D eigenvalue weighted by atomic mass is 32.2. The maximum atomic E-state index is 2.35. The van der Waals surface area contributed by atoms with E-state index in [1.165, 1.54) is 64.6 Å². The summed E-state index contributed by atoms with van der Waals surface area (Å²) in [6.45, 7) is 13.4. The van der Waals surface area contributed by atoms with E-state index in [9.17, 15) is 0 Å². The van der Waals surface area contributed by atoms with Gasteiger partial charge in [0.1, 0.15) is 0 Å². The summed E-state index contributed by atoms with van der Waals surface area (Å²) in [6.07, 6.45) is 0. The van der Waals surface area contributed by atoms with Crippen LogP contribution < -0.4 is 0 Å². The molecule has 0 radical (unpaired) electrons. The fourth-order valence-corrected chi connectivity index (χ4v) is 16.7. The fraction of sp³-hybridized carbons (Fsp3) is 0.250. The first kappa shape index (κ1) is 26.8. The van der Waals surface area contributed by atoms with Crippen LogP contribution >= 0.6 is 118 Å². The summed E-state index contributed by atoms with van der Waals surface area (Å²) in [6, 6.07) is 9.04. The van der Waals surface area contributed by atoms with Crippen molar-refractivity contribution in [2.24, 2.45) is 0 Å². The van der Waals surface area contributed by atoms with Gasteiger partial charge in [0.05, 0.1) is 25.4 Å². The number of allylic oxidation sites excluding steroid dienone is 6. The smallest absolute Gasteiger partial charge is 0.0708 e. The minimum Gasteiger partial charge on any atom is -0.0849 e. The molecule has 0 unspecified atom stereocenters. The van der Waals surface area contributed by atoms with E-state index in [-0.39, 0.29) is 0 Å². The summed E-state index contributed by atoms with van der Waals surface area (Å²) >= 11 is 19.3. The lowest BCUT2D eigenvalue weighted by Gasteiger charge is -2.07. The average molecular weight is 631 g/mol. The Kier molecular flexibility index (Phi) is 9.05. The van der Waals surface area contributed by atoms with E-state index in [1.807, 2.05) is 118 Å².